The Balaban J connectivity index is 1.58. The number of carbonyl (C=O) groups is 2. The van der Waals surface area contributed by atoms with Gasteiger partial charge in [0, 0.05) is 0 Å². The number of benzene rings is 1. The summed E-state index contributed by atoms with van der Waals surface area (Å²) in [6.07, 6.45) is 12.9. The Morgan fingerprint density at radius 3 is 2.07 bits per heavy atom. The van der Waals surface area contributed by atoms with Gasteiger partial charge in [-0.15, -0.1) is 0 Å². The first-order valence-corrected chi connectivity index (χ1v) is 10.5. The molecule has 0 radical (unpaired) electrons. The average Bonchev–Trinajstić information content (AvgIpc) is 2.94. The van der Waals surface area contributed by atoms with Crippen LogP contribution in [-0.4, -0.2) is 24.4 Å². The number of imide groups is 1. The lowest BCUT2D eigenvalue weighted by Gasteiger charge is -2.15. The van der Waals surface area contributed by atoms with Crippen LogP contribution in [0.5, 0.6) is 0 Å². The standard InChI is InChI=1S/C22H33FN2O2/c1-2-3-4-5-6-7-8-9-10-11-16-24-20-17-21(26)25(22(20)27)19-14-12-18(23)13-15-19/h12-15,20,24H,2-11,16-17H2,1H3. The molecule has 0 spiro atoms. The minimum atomic E-state index is -0.457. The zero-order valence-corrected chi connectivity index (χ0v) is 16.5. The van der Waals surface area contributed by atoms with Crippen LogP contribution < -0.4 is 10.2 Å². The molecule has 1 aromatic rings. The van der Waals surface area contributed by atoms with Crippen LogP contribution in [0.3, 0.4) is 0 Å². The van der Waals surface area contributed by atoms with Crippen LogP contribution in [0.25, 0.3) is 0 Å². The zero-order valence-electron chi connectivity index (χ0n) is 16.5. The molecule has 5 heteroatoms. The summed E-state index contributed by atoms with van der Waals surface area (Å²) in [7, 11) is 0. The number of carbonyl (C=O) groups excluding carboxylic acids is 2. The Labute approximate surface area is 162 Å². The van der Waals surface area contributed by atoms with Crippen molar-refractivity contribution in [3.8, 4) is 0 Å². The van der Waals surface area contributed by atoms with E-state index in [2.05, 4.69) is 12.2 Å². The van der Waals surface area contributed by atoms with Gasteiger partial charge < -0.3 is 5.32 Å². The number of amides is 2. The molecule has 0 aromatic heterocycles. The average molecular weight is 377 g/mol. The Bertz CT molecular complexity index is 588. The first-order valence-electron chi connectivity index (χ1n) is 10.5. The third-order valence-corrected chi connectivity index (χ3v) is 5.15. The summed E-state index contributed by atoms with van der Waals surface area (Å²) in [6.45, 7) is 2.99. The highest BCUT2D eigenvalue weighted by atomic mass is 19.1. The highest BCUT2D eigenvalue weighted by molar-refractivity contribution is 6.22. The zero-order chi connectivity index (χ0) is 19.5. The van der Waals surface area contributed by atoms with Crippen molar-refractivity contribution in [2.45, 2.75) is 83.6 Å². The van der Waals surface area contributed by atoms with E-state index in [0.717, 1.165) is 24.3 Å². The summed E-state index contributed by atoms with van der Waals surface area (Å²) in [5.74, 6) is -0.848. The molecule has 1 fully saturated rings. The van der Waals surface area contributed by atoms with Crippen molar-refractivity contribution in [3.63, 3.8) is 0 Å². The van der Waals surface area contributed by atoms with Gasteiger partial charge in [-0.05, 0) is 37.2 Å². The molecule has 0 aliphatic carbocycles. The summed E-state index contributed by atoms with van der Waals surface area (Å²) in [5.41, 5.74) is 0.439. The maximum Gasteiger partial charge on any atom is 0.251 e. The number of rotatable bonds is 13. The molecule has 1 aliphatic heterocycles. The smallest absolute Gasteiger partial charge is 0.251 e. The maximum absolute atomic E-state index is 13.0. The number of anilines is 1. The summed E-state index contributed by atoms with van der Waals surface area (Å²) < 4.78 is 13.0. The van der Waals surface area contributed by atoms with E-state index in [1.54, 1.807) is 0 Å². The van der Waals surface area contributed by atoms with Gasteiger partial charge >= 0.3 is 0 Å². The Hall–Kier alpha value is -1.75. The fourth-order valence-electron chi connectivity index (χ4n) is 3.54. The highest BCUT2D eigenvalue weighted by Crippen LogP contribution is 2.23. The molecule has 1 atom stereocenters. The normalized spacial score (nSPS) is 17.1. The number of nitrogens with zero attached hydrogens (tertiary/aromatic N) is 1. The summed E-state index contributed by atoms with van der Waals surface area (Å²) in [4.78, 5) is 25.8. The highest BCUT2D eigenvalue weighted by Gasteiger charge is 2.39. The van der Waals surface area contributed by atoms with Crippen LogP contribution in [0, 0.1) is 5.82 Å². The lowest BCUT2D eigenvalue weighted by molar-refractivity contribution is -0.121. The molecular weight excluding hydrogens is 343 g/mol. The van der Waals surface area contributed by atoms with E-state index in [1.165, 1.54) is 75.6 Å². The van der Waals surface area contributed by atoms with Gasteiger partial charge in [0.05, 0.1) is 18.2 Å². The van der Waals surface area contributed by atoms with Crippen molar-refractivity contribution in [2.75, 3.05) is 11.4 Å². The van der Waals surface area contributed by atoms with Crippen LogP contribution >= 0.6 is 0 Å². The first-order chi connectivity index (χ1) is 13.1. The molecule has 1 saturated heterocycles. The van der Waals surface area contributed by atoms with Crippen molar-refractivity contribution in [1.29, 1.82) is 0 Å². The minimum Gasteiger partial charge on any atom is -0.305 e. The van der Waals surface area contributed by atoms with Crippen molar-refractivity contribution in [2.24, 2.45) is 0 Å². The molecule has 4 nitrogen and oxygen atoms in total. The predicted octanol–water partition coefficient (Wildman–Crippen LogP) is 4.97. The first kappa shape index (κ1) is 21.5. The lowest BCUT2D eigenvalue weighted by atomic mass is 10.1. The van der Waals surface area contributed by atoms with Gasteiger partial charge in [-0.1, -0.05) is 64.7 Å². The van der Waals surface area contributed by atoms with Gasteiger partial charge in [-0.2, -0.15) is 0 Å². The Morgan fingerprint density at radius 2 is 1.48 bits per heavy atom. The lowest BCUT2D eigenvalue weighted by Crippen LogP contribution is -2.39. The van der Waals surface area contributed by atoms with E-state index in [0.29, 0.717) is 5.69 Å². The van der Waals surface area contributed by atoms with Crippen molar-refractivity contribution in [3.05, 3.63) is 30.1 Å². The molecule has 2 amide bonds. The van der Waals surface area contributed by atoms with Crippen LogP contribution in [-0.2, 0) is 9.59 Å². The molecule has 150 valence electrons. The van der Waals surface area contributed by atoms with E-state index < -0.39 is 6.04 Å². The van der Waals surface area contributed by atoms with E-state index in [9.17, 15) is 14.0 Å². The molecule has 1 aliphatic rings. The van der Waals surface area contributed by atoms with Crippen LogP contribution in [0.4, 0.5) is 10.1 Å². The second-order valence-electron chi connectivity index (χ2n) is 7.44. The quantitative estimate of drug-likeness (QED) is 0.391. The Morgan fingerprint density at radius 1 is 0.926 bits per heavy atom. The fraction of sp³-hybridized carbons (Fsp3) is 0.636. The second kappa shape index (κ2) is 11.9. The number of unbranched alkanes of at least 4 members (excludes halogenated alkanes) is 9. The molecule has 0 saturated carbocycles. The van der Waals surface area contributed by atoms with E-state index in [4.69, 9.17) is 0 Å². The summed E-state index contributed by atoms with van der Waals surface area (Å²) in [6, 6.07) is 5.01. The summed E-state index contributed by atoms with van der Waals surface area (Å²) in [5, 5.41) is 3.21. The summed E-state index contributed by atoms with van der Waals surface area (Å²) >= 11 is 0. The monoisotopic (exact) mass is 376 g/mol. The van der Waals surface area contributed by atoms with Crippen LogP contribution in [0.2, 0.25) is 0 Å². The number of nitrogens with one attached hydrogen (secondary N) is 1. The van der Waals surface area contributed by atoms with Gasteiger partial charge in [-0.3, -0.25) is 9.59 Å². The van der Waals surface area contributed by atoms with Gasteiger partial charge in [-0.25, -0.2) is 9.29 Å². The topological polar surface area (TPSA) is 49.4 Å². The molecule has 1 aromatic carbocycles. The van der Waals surface area contributed by atoms with Crippen LogP contribution in [0.1, 0.15) is 77.6 Å². The van der Waals surface area contributed by atoms with Gasteiger partial charge in [0.25, 0.3) is 5.91 Å². The third kappa shape index (κ3) is 7.06. The number of halogens is 1. The Kier molecular flexibility index (Phi) is 9.46. The van der Waals surface area contributed by atoms with Crippen molar-refractivity contribution < 1.29 is 14.0 Å². The van der Waals surface area contributed by atoms with Gasteiger partial charge in [0.1, 0.15) is 5.82 Å². The molecule has 2 rings (SSSR count). The fourth-order valence-corrected chi connectivity index (χ4v) is 3.54. The molecule has 1 N–H and O–H groups in total. The third-order valence-electron chi connectivity index (χ3n) is 5.15. The van der Waals surface area contributed by atoms with E-state index in [-0.39, 0.29) is 24.1 Å². The van der Waals surface area contributed by atoms with Crippen molar-refractivity contribution in [1.82, 2.24) is 5.32 Å². The molecular formula is C22H33FN2O2. The largest absolute Gasteiger partial charge is 0.305 e. The minimum absolute atomic E-state index is 0.175. The van der Waals surface area contributed by atoms with E-state index >= 15 is 0 Å². The molecule has 1 unspecified atom stereocenters. The molecule has 1 heterocycles. The molecule has 0 bridgehead atoms. The maximum atomic E-state index is 13.0. The van der Waals surface area contributed by atoms with Crippen molar-refractivity contribution >= 4 is 17.5 Å². The number of hydrogen-bond donors (Lipinski definition) is 1. The van der Waals surface area contributed by atoms with Crippen LogP contribution in [0.15, 0.2) is 24.3 Å². The SMILES string of the molecule is CCCCCCCCCCCCNC1CC(=O)N(c2ccc(F)cc2)C1=O. The van der Waals surface area contributed by atoms with E-state index in [1.807, 2.05) is 0 Å². The molecule has 27 heavy (non-hydrogen) atoms. The van der Waals surface area contributed by atoms with Gasteiger partial charge in [0.15, 0.2) is 0 Å². The number of hydrogen-bond acceptors (Lipinski definition) is 3. The predicted molar refractivity (Wildman–Crippen MR) is 107 cm³/mol. The van der Waals surface area contributed by atoms with Gasteiger partial charge in [0.2, 0.25) is 5.91 Å². The second-order valence-corrected chi connectivity index (χ2v) is 7.44.